The van der Waals surface area contributed by atoms with Crippen molar-refractivity contribution in [3.05, 3.63) is 23.4 Å². The number of carboxylic acid groups (broad SMARTS) is 1. The predicted molar refractivity (Wildman–Crippen MR) is 75.7 cm³/mol. The van der Waals surface area contributed by atoms with Crippen molar-refractivity contribution in [3.63, 3.8) is 0 Å². The van der Waals surface area contributed by atoms with Crippen molar-refractivity contribution in [3.8, 4) is 0 Å². The average Bonchev–Trinajstić information content (AvgIpc) is 3.19. The van der Waals surface area contributed by atoms with Gasteiger partial charge < -0.3 is 10.4 Å². The molecule has 0 amide bonds. The third-order valence-electron chi connectivity index (χ3n) is 3.72. The minimum absolute atomic E-state index is 0.223. The maximum atomic E-state index is 11.1. The minimum atomic E-state index is -0.900. The van der Waals surface area contributed by atoms with Crippen LogP contribution in [0.2, 0.25) is 0 Å². The van der Waals surface area contributed by atoms with Crippen molar-refractivity contribution < 1.29 is 9.90 Å². The molecule has 1 atom stereocenters. The second-order valence-electron chi connectivity index (χ2n) is 5.82. The molecule has 0 aromatic carbocycles. The van der Waals surface area contributed by atoms with Gasteiger partial charge in [-0.05, 0) is 42.7 Å². The molecule has 1 fully saturated rings. The van der Waals surface area contributed by atoms with Crippen LogP contribution in [0.25, 0.3) is 0 Å². The first kappa shape index (κ1) is 13.8. The third kappa shape index (κ3) is 3.69. The number of aromatic nitrogens is 1. The van der Waals surface area contributed by atoms with Gasteiger partial charge in [0.05, 0.1) is 5.56 Å². The maximum absolute atomic E-state index is 11.1. The Kier molecular flexibility index (Phi) is 4.08. The van der Waals surface area contributed by atoms with Crippen molar-refractivity contribution >= 4 is 11.8 Å². The van der Waals surface area contributed by atoms with Crippen molar-refractivity contribution in [2.24, 2.45) is 11.8 Å². The molecule has 0 bridgehead atoms. The quantitative estimate of drug-likeness (QED) is 0.825. The van der Waals surface area contributed by atoms with Gasteiger partial charge >= 0.3 is 5.97 Å². The van der Waals surface area contributed by atoms with E-state index in [9.17, 15) is 4.79 Å². The summed E-state index contributed by atoms with van der Waals surface area (Å²) in [5.74, 6) is 1.46. The van der Waals surface area contributed by atoms with E-state index in [1.165, 1.54) is 12.8 Å². The number of rotatable bonds is 6. The molecule has 0 saturated heterocycles. The lowest BCUT2D eigenvalue weighted by atomic mass is 10.1. The molecule has 1 aliphatic rings. The number of nitrogens with one attached hydrogen (secondary N) is 1. The fraction of sp³-hybridized carbons (Fsp3) is 0.600. The zero-order valence-electron chi connectivity index (χ0n) is 11.8. The number of hydrogen-bond donors (Lipinski definition) is 2. The molecule has 1 aromatic heterocycles. The van der Waals surface area contributed by atoms with Gasteiger partial charge in [-0.2, -0.15) is 0 Å². The third-order valence-corrected chi connectivity index (χ3v) is 3.72. The zero-order chi connectivity index (χ0) is 14.0. The molecule has 4 nitrogen and oxygen atoms in total. The molecule has 1 aliphatic carbocycles. The Hall–Kier alpha value is -1.58. The Labute approximate surface area is 114 Å². The molecule has 0 radical (unpaired) electrons. The lowest BCUT2D eigenvalue weighted by molar-refractivity contribution is 0.0696. The number of aromatic carboxylic acids is 1. The van der Waals surface area contributed by atoms with E-state index >= 15 is 0 Å². The molecule has 0 spiro atoms. The Morgan fingerprint density at radius 1 is 1.42 bits per heavy atom. The van der Waals surface area contributed by atoms with Crippen LogP contribution in [0.15, 0.2) is 12.1 Å². The van der Waals surface area contributed by atoms with E-state index < -0.39 is 5.97 Å². The number of carboxylic acids is 1. The number of nitrogens with zero attached hydrogens (tertiary/aromatic N) is 1. The van der Waals surface area contributed by atoms with Gasteiger partial charge in [-0.1, -0.05) is 20.8 Å². The summed E-state index contributed by atoms with van der Waals surface area (Å²) < 4.78 is 0. The molecule has 1 saturated carbocycles. The highest BCUT2D eigenvalue weighted by molar-refractivity contribution is 5.88. The van der Waals surface area contributed by atoms with E-state index in [1.54, 1.807) is 12.1 Å². The van der Waals surface area contributed by atoms with Crippen LogP contribution in [-0.2, 0) is 0 Å². The Morgan fingerprint density at radius 2 is 2.11 bits per heavy atom. The normalized spacial score (nSPS) is 16.4. The van der Waals surface area contributed by atoms with Crippen LogP contribution >= 0.6 is 0 Å². The SMILES string of the molecule is CC(C)c1cc(C(=O)O)cc(NCC(C)C2CC2)n1. The highest BCUT2D eigenvalue weighted by Crippen LogP contribution is 2.36. The van der Waals surface area contributed by atoms with E-state index in [0.717, 1.165) is 18.2 Å². The van der Waals surface area contributed by atoms with Gasteiger partial charge in [-0.15, -0.1) is 0 Å². The van der Waals surface area contributed by atoms with Gasteiger partial charge in [0.1, 0.15) is 5.82 Å². The summed E-state index contributed by atoms with van der Waals surface area (Å²) in [6.45, 7) is 7.13. The van der Waals surface area contributed by atoms with Gasteiger partial charge in [0.2, 0.25) is 0 Å². The van der Waals surface area contributed by atoms with E-state index in [-0.39, 0.29) is 5.92 Å². The van der Waals surface area contributed by atoms with Crippen LogP contribution < -0.4 is 5.32 Å². The molecule has 1 unspecified atom stereocenters. The summed E-state index contributed by atoms with van der Waals surface area (Å²) >= 11 is 0. The predicted octanol–water partition coefficient (Wildman–Crippen LogP) is 3.36. The first-order chi connectivity index (χ1) is 8.97. The number of carbonyl (C=O) groups is 1. The van der Waals surface area contributed by atoms with E-state index in [4.69, 9.17) is 5.11 Å². The first-order valence-electron chi connectivity index (χ1n) is 6.96. The minimum Gasteiger partial charge on any atom is -0.478 e. The Morgan fingerprint density at radius 3 is 2.63 bits per heavy atom. The van der Waals surface area contributed by atoms with E-state index in [2.05, 4.69) is 17.2 Å². The maximum Gasteiger partial charge on any atom is 0.335 e. The second-order valence-corrected chi connectivity index (χ2v) is 5.82. The van der Waals surface area contributed by atoms with Crippen LogP contribution in [-0.4, -0.2) is 22.6 Å². The zero-order valence-corrected chi connectivity index (χ0v) is 11.8. The molecular formula is C15H22N2O2. The highest BCUT2D eigenvalue weighted by Gasteiger charge is 2.27. The fourth-order valence-electron chi connectivity index (χ4n) is 2.16. The topological polar surface area (TPSA) is 62.2 Å². The fourth-order valence-corrected chi connectivity index (χ4v) is 2.16. The number of anilines is 1. The largest absolute Gasteiger partial charge is 0.478 e. The van der Waals surface area contributed by atoms with Crippen molar-refractivity contribution in [2.75, 3.05) is 11.9 Å². The standard InChI is InChI=1S/C15H22N2O2/c1-9(2)13-6-12(15(18)19)7-14(17-13)16-8-10(3)11-4-5-11/h6-7,9-11H,4-5,8H2,1-3H3,(H,16,17)(H,18,19). The molecular weight excluding hydrogens is 240 g/mol. The van der Waals surface area contributed by atoms with Gasteiger partial charge in [-0.25, -0.2) is 9.78 Å². The summed E-state index contributed by atoms with van der Waals surface area (Å²) in [6, 6.07) is 3.27. The van der Waals surface area contributed by atoms with E-state index in [0.29, 0.717) is 17.3 Å². The molecule has 4 heteroatoms. The van der Waals surface area contributed by atoms with Crippen molar-refractivity contribution in [1.82, 2.24) is 4.98 Å². The number of hydrogen-bond acceptors (Lipinski definition) is 3. The second kappa shape index (κ2) is 5.59. The number of pyridine rings is 1. The highest BCUT2D eigenvalue weighted by atomic mass is 16.4. The average molecular weight is 262 g/mol. The van der Waals surface area contributed by atoms with Crippen molar-refractivity contribution in [2.45, 2.75) is 39.5 Å². The van der Waals surface area contributed by atoms with Gasteiger partial charge in [0.15, 0.2) is 0 Å². The summed E-state index contributed by atoms with van der Waals surface area (Å²) in [4.78, 5) is 15.6. The smallest absolute Gasteiger partial charge is 0.335 e. The Balaban J connectivity index is 2.11. The first-order valence-corrected chi connectivity index (χ1v) is 6.96. The summed E-state index contributed by atoms with van der Waals surface area (Å²) in [5.41, 5.74) is 1.13. The molecule has 2 N–H and O–H groups in total. The van der Waals surface area contributed by atoms with Gasteiger partial charge in [0, 0.05) is 12.2 Å². The van der Waals surface area contributed by atoms with Crippen molar-refractivity contribution in [1.29, 1.82) is 0 Å². The summed E-state index contributed by atoms with van der Waals surface area (Å²) in [6.07, 6.45) is 2.64. The van der Waals surface area contributed by atoms with Crippen LogP contribution in [0, 0.1) is 11.8 Å². The van der Waals surface area contributed by atoms with Crippen LogP contribution in [0.3, 0.4) is 0 Å². The monoisotopic (exact) mass is 262 g/mol. The Bertz CT molecular complexity index is 467. The molecule has 104 valence electrons. The van der Waals surface area contributed by atoms with Gasteiger partial charge in [-0.3, -0.25) is 0 Å². The molecule has 1 heterocycles. The molecule has 19 heavy (non-hydrogen) atoms. The van der Waals surface area contributed by atoms with Crippen LogP contribution in [0.5, 0.6) is 0 Å². The molecule has 1 aromatic rings. The van der Waals surface area contributed by atoms with Crippen LogP contribution in [0.4, 0.5) is 5.82 Å². The van der Waals surface area contributed by atoms with Gasteiger partial charge in [0.25, 0.3) is 0 Å². The lowest BCUT2D eigenvalue weighted by Crippen LogP contribution is -2.15. The summed E-state index contributed by atoms with van der Waals surface area (Å²) in [7, 11) is 0. The lowest BCUT2D eigenvalue weighted by Gasteiger charge is -2.14. The summed E-state index contributed by atoms with van der Waals surface area (Å²) in [5, 5.41) is 12.4. The molecule has 2 rings (SSSR count). The van der Waals surface area contributed by atoms with E-state index in [1.807, 2.05) is 13.8 Å². The van der Waals surface area contributed by atoms with Crippen LogP contribution in [0.1, 0.15) is 55.6 Å². The molecule has 0 aliphatic heterocycles.